The van der Waals surface area contributed by atoms with E-state index >= 15 is 0 Å². The summed E-state index contributed by atoms with van der Waals surface area (Å²) < 4.78 is 69.2. The van der Waals surface area contributed by atoms with Gasteiger partial charge in [-0.15, -0.1) is 3.94 Å². The lowest BCUT2D eigenvalue weighted by atomic mass is 10.1. The summed E-state index contributed by atoms with van der Waals surface area (Å²) in [4.78, 5) is 0. The van der Waals surface area contributed by atoms with Gasteiger partial charge in [-0.2, -0.15) is 8.42 Å². The lowest BCUT2D eigenvalue weighted by Crippen LogP contribution is -2.40. The summed E-state index contributed by atoms with van der Waals surface area (Å²) in [6.45, 7) is 3.97. The van der Waals surface area contributed by atoms with Gasteiger partial charge >= 0.3 is 0 Å². The van der Waals surface area contributed by atoms with E-state index in [1.165, 1.54) is 0 Å². The third-order valence-corrected chi connectivity index (χ3v) is 6.33. The third-order valence-electron chi connectivity index (χ3n) is 2.80. The van der Waals surface area contributed by atoms with Gasteiger partial charge in [-0.25, -0.2) is 8.42 Å². The second-order valence-corrected chi connectivity index (χ2v) is 10.4. The van der Waals surface area contributed by atoms with Gasteiger partial charge in [-0.1, -0.05) is 0 Å². The maximum atomic E-state index is 11.9. The topological polar surface area (TPSA) is 119 Å². The number of hydrogen-bond acceptors (Lipinski definition) is 8. The van der Waals surface area contributed by atoms with E-state index in [1.807, 2.05) is 0 Å². The Bertz CT molecular complexity index is 566. The first kappa shape index (κ1) is 25.3. The first-order chi connectivity index (χ1) is 11.4. The molecule has 0 amide bonds. The largest absolute Gasteiger partial charge is 0.378 e. The Morgan fingerprint density at radius 1 is 0.840 bits per heavy atom. The van der Waals surface area contributed by atoms with E-state index in [0.717, 1.165) is 3.94 Å². The molecule has 0 aliphatic heterocycles. The van der Waals surface area contributed by atoms with Crippen LogP contribution in [0, 0.1) is 0 Å². The fourth-order valence-electron chi connectivity index (χ4n) is 1.55. The van der Waals surface area contributed by atoms with Crippen molar-refractivity contribution in [1.82, 2.24) is 3.94 Å². The Morgan fingerprint density at radius 3 is 1.64 bits per heavy atom. The maximum Gasteiger partial charge on any atom is 0.267 e. The van der Waals surface area contributed by atoms with E-state index < -0.39 is 31.2 Å². The van der Waals surface area contributed by atoms with Crippen LogP contribution in [0.2, 0.25) is 0 Å². The molecule has 0 unspecified atom stereocenters. The van der Waals surface area contributed by atoms with Gasteiger partial charge in [0.25, 0.3) is 10.1 Å². The number of halogens is 2. The number of hydrogen-bond donors (Lipinski definition) is 1. The summed E-state index contributed by atoms with van der Waals surface area (Å²) in [5, 5.41) is 0. The molecular formula is C12H25Cl2NO8S2. The Balaban J connectivity index is 3.64. The zero-order valence-corrected chi connectivity index (χ0v) is 17.3. The highest BCUT2D eigenvalue weighted by atomic mass is 35.5. The van der Waals surface area contributed by atoms with Crippen molar-refractivity contribution < 1.29 is 35.6 Å². The average Bonchev–Trinajstić information content (AvgIpc) is 2.42. The smallest absolute Gasteiger partial charge is 0.267 e. The van der Waals surface area contributed by atoms with Crippen molar-refractivity contribution in [2.75, 3.05) is 56.9 Å². The molecule has 152 valence electrons. The third kappa shape index (κ3) is 15.1. The molecule has 25 heavy (non-hydrogen) atoms. The SMILES string of the molecule is CC(C)(CS(=O)(=O)CCOCCOCCOCCS(=O)(=O)O)N(Cl)Cl. The minimum Gasteiger partial charge on any atom is -0.378 e. The zero-order chi connectivity index (χ0) is 19.6. The lowest BCUT2D eigenvalue weighted by Gasteiger charge is -2.26. The molecule has 0 atom stereocenters. The summed E-state index contributed by atoms with van der Waals surface area (Å²) in [5.41, 5.74) is -0.902. The Kier molecular flexibility index (Phi) is 12.0. The molecule has 0 heterocycles. The maximum absolute atomic E-state index is 11.9. The molecular weight excluding hydrogens is 421 g/mol. The molecule has 0 saturated heterocycles. The quantitative estimate of drug-likeness (QED) is 0.221. The van der Waals surface area contributed by atoms with Crippen molar-refractivity contribution >= 4 is 43.5 Å². The lowest BCUT2D eigenvalue weighted by molar-refractivity contribution is 0.0200. The van der Waals surface area contributed by atoms with Crippen molar-refractivity contribution in [1.29, 1.82) is 0 Å². The summed E-state index contributed by atoms with van der Waals surface area (Å²) in [5.74, 6) is -0.822. The predicted molar refractivity (Wildman–Crippen MR) is 95.2 cm³/mol. The average molecular weight is 446 g/mol. The molecule has 0 spiro atoms. The van der Waals surface area contributed by atoms with E-state index in [-0.39, 0.29) is 51.1 Å². The van der Waals surface area contributed by atoms with E-state index in [0.29, 0.717) is 0 Å². The summed E-state index contributed by atoms with van der Waals surface area (Å²) in [6, 6.07) is 0. The summed E-state index contributed by atoms with van der Waals surface area (Å²) in [6.07, 6.45) is 0. The van der Waals surface area contributed by atoms with Crippen molar-refractivity contribution in [2.45, 2.75) is 19.4 Å². The van der Waals surface area contributed by atoms with Gasteiger partial charge < -0.3 is 14.2 Å². The van der Waals surface area contributed by atoms with Gasteiger partial charge in [0.2, 0.25) is 0 Å². The van der Waals surface area contributed by atoms with E-state index in [1.54, 1.807) is 13.8 Å². The normalized spacial score (nSPS) is 13.5. The molecule has 9 nitrogen and oxygen atoms in total. The Morgan fingerprint density at radius 2 is 1.24 bits per heavy atom. The number of nitrogens with zero attached hydrogens (tertiary/aromatic N) is 1. The van der Waals surface area contributed by atoms with Crippen LogP contribution in [0.1, 0.15) is 13.8 Å². The van der Waals surface area contributed by atoms with Crippen molar-refractivity contribution in [3.05, 3.63) is 0 Å². The highest BCUT2D eigenvalue weighted by Crippen LogP contribution is 2.21. The fourth-order valence-corrected chi connectivity index (χ4v) is 3.86. The molecule has 0 saturated carbocycles. The minimum absolute atomic E-state index is 0.0250. The molecule has 0 aromatic rings. The molecule has 0 fully saturated rings. The van der Waals surface area contributed by atoms with Gasteiger partial charge in [0.1, 0.15) is 0 Å². The van der Waals surface area contributed by atoms with Crippen LogP contribution in [0.3, 0.4) is 0 Å². The van der Waals surface area contributed by atoms with E-state index in [2.05, 4.69) is 0 Å². The monoisotopic (exact) mass is 445 g/mol. The van der Waals surface area contributed by atoms with Crippen molar-refractivity contribution in [3.8, 4) is 0 Å². The highest BCUT2D eigenvalue weighted by Gasteiger charge is 2.31. The minimum atomic E-state index is -4.01. The molecule has 0 rings (SSSR count). The Hall–Kier alpha value is 0.280. The van der Waals surface area contributed by atoms with Crippen LogP contribution in [-0.4, -0.2) is 87.8 Å². The standard InChI is InChI=1S/C12H25Cl2NO8S2/c1-12(2,15(13)14)11-24(16,17)9-7-22-5-3-21-4-6-23-8-10-25(18,19)20/h3-11H2,1-2H3,(H,18,19,20). The molecule has 0 bridgehead atoms. The van der Waals surface area contributed by atoms with Gasteiger partial charge in [0.05, 0.1) is 62.4 Å². The van der Waals surface area contributed by atoms with Crippen LogP contribution in [-0.2, 0) is 34.2 Å². The number of ether oxygens (including phenoxy) is 3. The van der Waals surface area contributed by atoms with Crippen molar-refractivity contribution in [2.24, 2.45) is 0 Å². The van der Waals surface area contributed by atoms with Crippen LogP contribution in [0.25, 0.3) is 0 Å². The van der Waals surface area contributed by atoms with Crippen LogP contribution >= 0.6 is 23.6 Å². The highest BCUT2D eigenvalue weighted by molar-refractivity contribution is 7.91. The predicted octanol–water partition coefficient (Wildman–Crippen LogP) is 0.727. The summed E-state index contributed by atoms with van der Waals surface area (Å²) >= 11 is 11.2. The van der Waals surface area contributed by atoms with Crippen LogP contribution in [0.5, 0.6) is 0 Å². The molecule has 0 aromatic heterocycles. The molecule has 0 radical (unpaired) electrons. The molecule has 13 heteroatoms. The second-order valence-electron chi connectivity index (χ2n) is 5.76. The molecule has 0 aliphatic carbocycles. The number of sulfone groups is 1. The van der Waals surface area contributed by atoms with Crippen LogP contribution < -0.4 is 0 Å². The van der Waals surface area contributed by atoms with Gasteiger partial charge in [0, 0.05) is 0 Å². The van der Waals surface area contributed by atoms with Gasteiger partial charge in [-0.3, -0.25) is 4.55 Å². The van der Waals surface area contributed by atoms with Gasteiger partial charge in [-0.05, 0) is 37.4 Å². The number of rotatable bonds is 15. The first-order valence-electron chi connectivity index (χ1n) is 7.36. The molecule has 1 N–H and O–H groups in total. The zero-order valence-electron chi connectivity index (χ0n) is 14.2. The molecule has 0 aliphatic rings. The second kappa shape index (κ2) is 11.9. The van der Waals surface area contributed by atoms with E-state index in [4.69, 9.17) is 42.3 Å². The van der Waals surface area contributed by atoms with Crippen molar-refractivity contribution in [3.63, 3.8) is 0 Å². The summed E-state index contributed by atoms with van der Waals surface area (Å²) in [7, 11) is -7.38. The van der Waals surface area contributed by atoms with E-state index in [9.17, 15) is 16.8 Å². The molecule has 0 aromatic carbocycles. The van der Waals surface area contributed by atoms with Crippen LogP contribution in [0.15, 0.2) is 0 Å². The van der Waals surface area contributed by atoms with Gasteiger partial charge in [0.15, 0.2) is 9.84 Å². The Labute approximate surface area is 159 Å². The van der Waals surface area contributed by atoms with Crippen LogP contribution in [0.4, 0.5) is 0 Å². The fraction of sp³-hybridized carbons (Fsp3) is 1.00. The first-order valence-corrected chi connectivity index (χ1v) is 11.5.